The molecule has 0 spiro atoms. The smallest absolute Gasteiger partial charge is 0.174 e. The van der Waals surface area contributed by atoms with Gasteiger partial charge in [0.15, 0.2) is 5.17 Å². The van der Waals surface area contributed by atoms with Crippen LogP contribution in [-0.2, 0) is 0 Å². The van der Waals surface area contributed by atoms with Gasteiger partial charge in [-0.05, 0) is 73.9 Å². The number of fused-ring (bicyclic) bond motifs is 1. The van der Waals surface area contributed by atoms with Crippen LogP contribution >= 0.6 is 11.8 Å². The molecule has 0 fully saturated rings. The molecule has 1 atom stereocenters. The normalized spacial score (nSPS) is 20.5. The summed E-state index contributed by atoms with van der Waals surface area (Å²) in [7, 11) is 0. The van der Waals surface area contributed by atoms with Gasteiger partial charge in [-0.15, -0.1) is 0 Å². The predicted octanol–water partition coefficient (Wildman–Crippen LogP) is 8.59. The molecule has 35 heavy (non-hydrogen) atoms. The van der Waals surface area contributed by atoms with Crippen molar-refractivity contribution < 1.29 is 0 Å². The molecule has 0 amide bonds. The topological polar surface area (TPSA) is 15.6 Å². The summed E-state index contributed by atoms with van der Waals surface area (Å²) in [5, 5.41) is 3.37. The van der Waals surface area contributed by atoms with Gasteiger partial charge in [0, 0.05) is 5.41 Å². The Labute approximate surface area is 212 Å². The Bertz CT molecular complexity index is 1390. The van der Waals surface area contributed by atoms with Crippen LogP contribution < -0.4 is 0 Å². The molecule has 0 bridgehead atoms. The van der Waals surface area contributed by atoms with Gasteiger partial charge in [-0.2, -0.15) is 0 Å². The van der Waals surface area contributed by atoms with Crippen LogP contribution in [0.2, 0.25) is 0 Å². The molecule has 0 unspecified atom stereocenters. The lowest BCUT2D eigenvalue weighted by molar-refractivity contribution is 0.458. The van der Waals surface area contributed by atoms with Gasteiger partial charge >= 0.3 is 0 Å². The zero-order valence-corrected chi connectivity index (χ0v) is 21.4. The summed E-state index contributed by atoms with van der Waals surface area (Å²) in [6.45, 7) is 6.45. The lowest BCUT2D eigenvalue weighted by Crippen LogP contribution is -2.34. The summed E-state index contributed by atoms with van der Waals surface area (Å²) in [4.78, 5) is 7.79. The van der Waals surface area contributed by atoms with Crippen LogP contribution in [-0.4, -0.2) is 10.1 Å². The Morgan fingerprint density at radius 1 is 0.800 bits per heavy atom. The second-order valence-electron chi connectivity index (χ2n) is 9.87. The van der Waals surface area contributed by atoms with E-state index in [2.05, 4.69) is 110 Å². The van der Waals surface area contributed by atoms with Crippen molar-refractivity contribution in [3.05, 3.63) is 128 Å². The molecule has 3 aromatic rings. The van der Waals surface area contributed by atoms with Crippen molar-refractivity contribution >= 4 is 28.7 Å². The Kier molecular flexibility index (Phi) is 5.74. The molecule has 3 aliphatic rings. The molecular formula is C32H30N2S. The number of aryl methyl sites for hydroxylation is 3. The molecule has 2 aliphatic heterocycles. The average Bonchev–Trinajstić information content (AvgIpc) is 3.29. The maximum Gasteiger partial charge on any atom is 0.174 e. The first-order valence-electron chi connectivity index (χ1n) is 12.5. The van der Waals surface area contributed by atoms with E-state index in [1.165, 1.54) is 55.9 Å². The van der Waals surface area contributed by atoms with Crippen molar-refractivity contribution in [1.29, 1.82) is 0 Å². The second-order valence-corrected chi connectivity index (χ2v) is 10.7. The zero-order valence-electron chi connectivity index (χ0n) is 20.6. The summed E-state index contributed by atoms with van der Waals surface area (Å²) in [6.07, 6.45) is 5.67. The number of rotatable bonds is 3. The molecular weight excluding hydrogens is 444 g/mol. The molecule has 0 radical (unpaired) electrons. The maximum absolute atomic E-state index is 5.31. The third kappa shape index (κ3) is 4.19. The Morgan fingerprint density at radius 2 is 1.43 bits per heavy atom. The van der Waals surface area contributed by atoms with E-state index in [4.69, 9.17) is 4.99 Å². The fourth-order valence-electron chi connectivity index (χ4n) is 5.26. The number of aliphatic imine (C=N–C) groups is 1. The molecule has 174 valence electrons. The number of thioether (sulfide) groups is 1. The highest BCUT2D eigenvalue weighted by Crippen LogP contribution is 2.51. The van der Waals surface area contributed by atoms with Crippen molar-refractivity contribution in [3.63, 3.8) is 0 Å². The minimum atomic E-state index is 0.169. The van der Waals surface area contributed by atoms with Crippen LogP contribution in [0.1, 0.15) is 58.7 Å². The van der Waals surface area contributed by atoms with Crippen LogP contribution in [0, 0.1) is 20.8 Å². The number of nitrogens with zero attached hydrogens (tertiary/aromatic N) is 2. The molecule has 3 heteroatoms. The van der Waals surface area contributed by atoms with Gasteiger partial charge in [0.2, 0.25) is 0 Å². The number of benzene rings is 3. The largest absolute Gasteiger partial charge is 0.308 e. The van der Waals surface area contributed by atoms with E-state index in [1.807, 2.05) is 0 Å². The highest BCUT2D eigenvalue weighted by Gasteiger charge is 2.40. The Hall–Kier alpha value is -3.30. The lowest BCUT2D eigenvalue weighted by Gasteiger charge is -2.40. The maximum atomic E-state index is 5.31. The highest BCUT2D eigenvalue weighted by molar-refractivity contribution is 8.16. The van der Waals surface area contributed by atoms with Gasteiger partial charge in [-0.3, -0.25) is 0 Å². The third-order valence-electron chi connectivity index (χ3n) is 7.20. The van der Waals surface area contributed by atoms with E-state index < -0.39 is 0 Å². The van der Waals surface area contributed by atoms with Crippen LogP contribution in [0.25, 0.3) is 11.8 Å². The van der Waals surface area contributed by atoms with Crippen molar-refractivity contribution in [2.24, 2.45) is 4.99 Å². The molecule has 0 N–H and O–H groups in total. The monoisotopic (exact) mass is 474 g/mol. The number of amidine groups is 1. The minimum absolute atomic E-state index is 0.169. The van der Waals surface area contributed by atoms with Gasteiger partial charge in [0.25, 0.3) is 0 Å². The van der Waals surface area contributed by atoms with Gasteiger partial charge < -0.3 is 4.90 Å². The molecule has 0 saturated heterocycles. The summed E-state index contributed by atoms with van der Waals surface area (Å²) < 4.78 is 0. The number of hydrogen-bond donors (Lipinski definition) is 0. The standard InChI is InChI=1S/C32H30N2S/c1-21-7-13-24(14-8-21)19-27-5-4-6-28-30(27)33-32-34(31(28)26-17-11-23(3)12-18-26)29(20-35-32)25-15-9-22(2)10-16-25/h7-20,31H,4-6H2,1-3H3/b27-19+/t31-/m0/s1. The van der Waals surface area contributed by atoms with E-state index in [-0.39, 0.29) is 6.04 Å². The summed E-state index contributed by atoms with van der Waals surface area (Å²) in [6, 6.07) is 27.0. The van der Waals surface area contributed by atoms with Crippen LogP contribution in [0.3, 0.4) is 0 Å². The van der Waals surface area contributed by atoms with Crippen LogP contribution in [0.4, 0.5) is 0 Å². The molecule has 0 saturated carbocycles. The molecule has 1 aliphatic carbocycles. The van der Waals surface area contributed by atoms with Gasteiger partial charge in [-0.25, -0.2) is 4.99 Å². The van der Waals surface area contributed by atoms with Gasteiger partial charge in [0.1, 0.15) is 0 Å². The predicted molar refractivity (Wildman–Crippen MR) is 150 cm³/mol. The molecule has 2 nitrogen and oxygen atoms in total. The van der Waals surface area contributed by atoms with Crippen LogP contribution in [0.5, 0.6) is 0 Å². The van der Waals surface area contributed by atoms with E-state index in [0.29, 0.717) is 0 Å². The van der Waals surface area contributed by atoms with Gasteiger partial charge in [0.05, 0.1) is 17.4 Å². The second kappa shape index (κ2) is 9.05. The molecule has 2 heterocycles. The Balaban J connectivity index is 1.48. The average molecular weight is 475 g/mol. The first-order chi connectivity index (χ1) is 17.1. The first kappa shape index (κ1) is 22.2. The molecule has 6 rings (SSSR count). The van der Waals surface area contributed by atoms with Crippen LogP contribution in [0.15, 0.2) is 100 Å². The SMILES string of the molecule is Cc1ccc(/C=C2\CCCC3=C2N=C2SC=C(c4ccc(C)cc4)N2[C@H]3c2ccc(C)cc2)cc1. The fourth-order valence-corrected chi connectivity index (χ4v) is 6.19. The first-order valence-corrected chi connectivity index (χ1v) is 13.3. The summed E-state index contributed by atoms with van der Waals surface area (Å²) in [5.41, 5.74) is 13.0. The van der Waals surface area contributed by atoms with Crippen molar-refractivity contribution in [1.82, 2.24) is 4.90 Å². The zero-order chi connectivity index (χ0) is 23.9. The third-order valence-corrected chi connectivity index (χ3v) is 8.04. The van der Waals surface area contributed by atoms with E-state index in [9.17, 15) is 0 Å². The molecule has 3 aromatic carbocycles. The summed E-state index contributed by atoms with van der Waals surface area (Å²) >= 11 is 1.75. The van der Waals surface area contributed by atoms with E-state index >= 15 is 0 Å². The fraction of sp³-hybridized carbons (Fsp3) is 0.219. The van der Waals surface area contributed by atoms with Gasteiger partial charge in [-0.1, -0.05) is 101 Å². The minimum Gasteiger partial charge on any atom is -0.308 e. The van der Waals surface area contributed by atoms with E-state index in [0.717, 1.165) is 24.4 Å². The number of allylic oxidation sites excluding steroid dienone is 1. The summed E-state index contributed by atoms with van der Waals surface area (Å²) in [5.74, 6) is 0. The quantitative estimate of drug-likeness (QED) is 0.378. The molecule has 0 aromatic heterocycles. The van der Waals surface area contributed by atoms with Crippen molar-refractivity contribution in [2.45, 2.75) is 46.1 Å². The number of hydrogen-bond acceptors (Lipinski definition) is 3. The van der Waals surface area contributed by atoms with E-state index in [1.54, 1.807) is 11.8 Å². The van der Waals surface area contributed by atoms with Crippen molar-refractivity contribution in [2.75, 3.05) is 0 Å². The lowest BCUT2D eigenvalue weighted by atomic mass is 9.82. The van der Waals surface area contributed by atoms with Crippen molar-refractivity contribution in [3.8, 4) is 0 Å². The Morgan fingerprint density at radius 3 is 2.11 bits per heavy atom. The highest BCUT2D eigenvalue weighted by atomic mass is 32.2.